The van der Waals surface area contributed by atoms with Crippen LogP contribution in [-0.4, -0.2) is 38.1 Å². The summed E-state index contributed by atoms with van der Waals surface area (Å²) < 4.78 is 0. The van der Waals surface area contributed by atoms with Crippen molar-refractivity contribution in [3.8, 4) is 0 Å². The van der Waals surface area contributed by atoms with Gasteiger partial charge in [-0.3, -0.25) is 0 Å². The molecule has 1 unspecified atom stereocenters. The van der Waals surface area contributed by atoms with E-state index in [0.717, 1.165) is 18.0 Å². The molecule has 78 valence electrons. The number of nitrogens with zero attached hydrogens (tertiary/aromatic N) is 1. The van der Waals surface area contributed by atoms with Gasteiger partial charge in [0.25, 0.3) is 0 Å². The molecule has 1 aliphatic rings. The van der Waals surface area contributed by atoms with E-state index in [4.69, 9.17) is 0 Å². The highest BCUT2D eigenvalue weighted by Crippen LogP contribution is 2.28. The van der Waals surface area contributed by atoms with Crippen molar-refractivity contribution in [2.75, 3.05) is 21.1 Å². The van der Waals surface area contributed by atoms with Gasteiger partial charge in [-0.2, -0.15) is 0 Å². The van der Waals surface area contributed by atoms with Crippen LogP contribution in [0, 0.1) is 5.92 Å². The Balaban J connectivity index is 2.32. The lowest BCUT2D eigenvalue weighted by Crippen LogP contribution is -2.38. The van der Waals surface area contributed by atoms with Crippen LogP contribution < -0.4 is 5.32 Å². The van der Waals surface area contributed by atoms with Crippen LogP contribution >= 0.6 is 0 Å². The molecule has 1 fully saturated rings. The lowest BCUT2D eigenvalue weighted by molar-refractivity contribution is 0.171. The van der Waals surface area contributed by atoms with Crippen molar-refractivity contribution >= 4 is 0 Å². The maximum absolute atomic E-state index is 3.38. The lowest BCUT2D eigenvalue weighted by atomic mass is 9.82. The largest absolute Gasteiger partial charge is 0.317 e. The molecule has 1 N–H and O–H groups in total. The Bertz CT molecular complexity index is 137. The maximum atomic E-state index is 3.38. The third-order valence-corrected chi connectivity index (χ3v) is 3.68. The standard InChI is InChI=1S/C11H24N2/c1-9(13(3)4)10-5-7-11(12-2)8-6-10/h9-12H,5-8H2,1-4H3. The van der Waals surface area contributed by atoms with Gasteiger partial charge >= 0.3 is 0 Å². The molecule has 0 bridgehead atoms. The molecule has 0 saturated heterocycles. The van der Waals surface area contributed by atoms with Gasteiger partial charge in [0, 0.05) is 12.1 Å². The fraction of sp³-hybridized carbons (Fsp3) is 1.00. The van der Waals surface area contributed by atoms with Crippen molar-refractivity contribution in [2.45, 2.75) is 44.7 Å². The van der Waals surface area contributed by atoms with Gasteiger partial charge in [0.1, 0.15) is 0 Å². The Morgan fingerprint density at radius 3 is 2.08 bits per heavy atom. The predicted octanol–water partition coefficient (Wildman–Crippen LogP) is 1.71. The molecule has 1 rings (SSSR count). The third-order valence-electron chi connectivity index (χ3n) is 3.68. The van der Waals surface area contributed by atoms with Gasteiger partial charge in [0.2, 0.25) is 0 Å². The monoisotopic (exact) mass is 184 g/mol. The van der Waals surface area contributed by atoms with Crippen LogP contribution in [0.15, 0.2) is 0 Å². The average molecular weight is 184 g/mol. The molecule has 0 amide bonds. The number of rotatable bonds is 3. The molecule has 0 spiro atoms. The quantitative estimate of drug-likeness (QED) is 0.718. The molecule has 1 aliphatic carbocycles. The topological polar surface area (TPSA) is 15.3 Å². The SMILES string of the molecule is CNC1CCC(C(C)N(C)C)CC1. The van der Waals surface area contributed by atoms with Gasteiger partial charge in [-0.1, -0.05) is 0 Å². The zero-order valence-corrected chi connectivity index (χ0v) is 9.51. The number of nitrogens with one attached hydrogen (secondary N) is 1. The molecule has 1 saturated carbocycles. The number of hydrogen-bond acceptors (Lipinski definition) is 2. The summed E-state index contributed by atoms with van der Waals surface area (Å²) in [7, 11) is 6.46. The van der Waals surface area contributed by atoms with E-state index < -0.39 is 0 Å². The van der Waals surface area contributed by atoms with E-state index in [1.54, 1.807) is 0 Å². The Hall–Kier alpha value is -0.0800. The van der Waals surface area contributed by atoms with Gasteiger partial charge in [0.05, 0.1) is 0 Å². The van der Waals surface area contributed by atoms with Crippen LogP contribution in [0.25, 0.3) is 0 Å². The molecule has 2 nitrogen and oxygen atoms in total. The van der Waals surface area contributed by atoms with Crippen molar-refractivity contribution < 1.29 is 0 Å². The van der Waals surface area contributed by atoms with Gasteiger partial charge in [-0.25, -0.2) is 0 Å². The van der Waals surface area contributed by atoms with Gasteiger partial charge < -0.3 is 10.2 Å². The summed E-state index contributed by atoms with van der Waals surface area (Å²) in [6.45, 7) is 2.35. The molecule has 0 radical (unpaired) electrons. The third kappa shape index (κ3) is 2.96. The zero-order chi connectivity index (χ0) is 9.84. The summed E-state index contributed by atoms with van der Waals surface area (Å²) in [4.78, 5) is 2.35. The molecule has 0 heterocycles. The summed E-state index contributed by atoms with van der Waals surface area (Å²) in [5.74, 6) is 0.916. The van der Waals surface area contributed by atoms with Gasteiger partial charge in [-0.05, 0) is 59.7 Å². The van der Waals surface area contributed by atoms with Crippen LogP contribution in [0.5, 0.6) is 0 Å². The van der Waals surface area contributed by atoms with E-state index >= 15 is 0 Å². The van der Waals surface area contributed by atoms with Crippen LogP contribution in [0.3, 0.4) is 0 Å². The maximum Gasteiger partial charge on any atom is 0.00891 e. The predicted molar refractivity (Wildman–Crippen MR) is 58.0 cm³/mol. The van der Waals surface area contributed by atoms with E-state index in [1.165, 1.54) is 25.7 Å². The second-order valence-corrected chi connectivity index (χ2v) is 4.60. The summed E-state index contributed by atoms with van der Waals surface area (Å²) >= 11 is 0. The smallest absolute Gasteiger partial charge is 0.00891 e. The Labute approximate surface area is 82.7 Å². The van der Waals surface area contributed by atoms with Crippen molar-refractivity contribution in [2.24, 2.45) is 5.92 Å². The highest BCUT2D eigenvalue weighted by molar-refractivity contribution is 4.81. The molecular formula is C11H24N2. The molecule has 0 aliphatic heterocycles. The first-order chi connectivity index (χ1) is 6.15. The van der Waals surface area contributed by atoms with Crippen LogP contribution in [0.4, 0.5) is 0 Å². The number of hydrogen-bond donors (Lipinski definition) is 1. The highest BCUT2D eigenvalue weighted by Gasteiger charge is 2.25. The lowest BCUT2D eigenvalue weighted by Gasteiger charge is -2.35. The minimum Gasteiger partial charge on any atom is -0.317 e. The zero-order valence-electron chi connectivity index (χ0n) is 9.51. The van der Waals surface area contributed by atoms with Crippen LogP contribution in [-0.2, 0) is 0 Å². The van der Waals surface area contributed by atoms with Gasteiger partial charge in [0.15, 0.2) is 0 Å². The normalized spacial score (nSPS) is 32.1. The first kappa shape index (κ1) is 11.0. The fourth-order valence-corrected chi connectivity index (χ4v) is 2.31. The second kappa shape index (κ2) is 4.97. The van der Waals surface area contributed by atoms with Gasteiger partial charge in [-0.15, -0.1) is 0 Å². The van der Waals surface area contributed by atoms with Crippen LogP contribution in [0.1, 0.15) is 32.6 Å². The average Bonchev–Trinajstić information content (AvgIpc) is 2.17. The van der Waals surface area contributed by atoms with E-state index in [1.807, 2.05) is 0 Å². The minimum absolute atomic E-state index is 0.748. The first-order valence-electron chi connectivity index (χ1n) is 5.48. The molecule has 0 aromatic rings. The van der Waals surface area contributed by atoms with Crippen molar-refractivity contribution in [3.63, 3.8) is 0 Å². The van der Waals surface area contributed by atoms with Crippen molar-refractivity contribution in [1.29, 1.82) is 0 Å². The van der Waals surface area contributed by atoms with Crippen LogP contribution in [0.2, 0.25) is 0 Å². The molecule has 13 heavy (non-hydrogen) atoms. The van der Waals surface area contributed by atoms with E-state index in [9.17, 15) is 0 Å². The van der Waals surface area contributed by atoms with Crippen molar-refractivity contribution in [3.05, 3.63) is 0 Å². The second-order valence-electron chi connectivity index (χ2n) is 4.60. The summed E-state index contributed by atoms with van der Waals surface area (Å²) in [6.07, 6.45) is 5.51. The molecular weight excluding hydrogens is 160 g/mol. The summed E-state index contributed by atoms with van der Waals surface area (Å²) in [5.41, 5.74) is 0. The molecule has 0 aromatic carbocycles. The summed E-state index contributed by atoms with van der Waals surface area (Å²) in [6, 6.07) is 1.53. The minimum atomic E-state index is 0.748. The molecule has 1 atom stereocenters. The van der Waals surface area contributed by atoms with E-state index in [2.05, 4.69) is 38.3 Å². The van der Waals surface area contributed by atoms with E-state index in [0.29, 0.717) is 0 Å². The molecule has 2 heteroatoms. The first-order valence-corrected chi connectivity index (χ1v) is 5.48. The summed E-state index contributed by atoms with van der Waals surface area (Å²) in [5, 5.41) is 3.38. The van der Waals surface area contributed by atoms with E-state index in [-0.39, 0.29) is 0 Å². The van der Waals surface area contributed by atoms with Crippen molar-refractivity contribution in [1.82, 2.24) is 10.2 Å². The highest BCUT2D eigenvalue weighted by atomic mass is 15.1. The Morgan fingerprint density at radius 1 is 1.15 bits per heavy atom. The molecule has 0 aromatic heterocycles. The Kier molecular flexibility index (Phi) is 4.20. The Morgan fingerprint density at radius 2 is 1.69 bits per heavy atom. The fourth-order valence-electron chi connectivity index (χ4n) is 2.31.